The lowest BCUT2D eigenvalue weighted by Crippen LogP contribution is -2.42. The molecule has 0 aliphatic carbocycles. The van der Waals surface area contributed by atoms with E-state index in [0.29, 0.717) is 11.7 Å². The summed E-state index contributed by atoms with van der Waals surface area (Å²) >= 11 is 1.47. The molecule has 0 radical (unpaired) electrons. The van der Waals surface area contributed by atoms with Gasteiger partial charge in [0.15, 0.2) is 11.3 Å². The van der Waals surface area contributed by atoms with Gasteiger partial charge in [0.2, 0.25) is 0 Å². The highest BCUT2D eigenvalue weighted by atomic mass is 32.1. The molecule has 1 unspecified atom stereocenters. The van der Waals surface area contributed by atoms with Crippen LogP contribution >= 0.6 is 11.3 Å². The van der Waals surface area contributed by atoms with E-state index in [-0.39, 0.29) is 17.4 Å². The van der Waals surface area contributed by atoms with Crippen LogP contribution in [0.3, 0.4) is 0 Å². The van der Waals surface area contributed by atoms with Crippen LogP contribution in [0.25, 0.3) is 0 Å². The number of aromatic nitrogens is 1. The third-order valence-corrected chi connectivity index (χ3v) is 4.46. The Morgan fingerprint density at radius 1 is 1.60 bits per heavy atom. The van der Waals surface area contributed by atoms with E-state index in [0.717, 1.165) is 18.5 Å². The largest absolute Gasteiger partial charge is 0.298 e. The topological polar surface area (TPSA) is 60.2 Å². The van der Waals surface area contributed by atoms with E-state index in [9.17, 15) is 4.79 Å². The molecule has 1 aromatic heterocycles. The van der Waals surface area contributed by atoms with Crippen LogP contribution in [0.1, 0.15) is 39.3 Å². The molecule has 0 N–H and O–H groups in total. The summed E-state index contributed by atoms with van der Waals surface area (Å²) in [6.07, 6.45) is 3.74. The minimum atomic E-state index is -0.327. The van der Waals surface area contributed by atoms with Gasteiger partial charge in [-0.05, 0) is 12.8 Å². The fourth-order valence-electron chi connectivity index (χ4n) is 2.22. The average Bonchev–Trinajstić information content (AvgIpc) is 3.04. The molecular weight excluding hydrogens is 272 g/mol. The van der Waals surface area contributed by atoms with Gasteiger partial charge in [-0.2, -0.15) is 5.26 Å². The van der Waals surface area contributed by atoms with Crippen molar-refractivity contribution in [3.8, 4) is 6.19 Å². The molecule has 5 nitrogen and oxygen atoms in total. The van der Waals surface area contributed by atoms with Gasteiger partial charge in [0.25, 0.3) is 5.91 Å². The number of thiazole rings is 1. The third kappa shape index (κ3) is 2.78. The molecule has 1 aliphatic rings. The Balaban J connectivity index is 2.15. The lowest BCUT2D eigenvalue weighted by molar-refractivity contribution is -0.121. The lowest BCUT2D eigenvalue weighted by atomic mass is 9.93. The predicted molar refractivity (Wildman–Crippen MR) is 79.6 cm³/mol. The van der Waals surface area contributed by atoms with Crippen LogP contribution in [0.15, 0.2) is 5.38 Å². The van der Waals surface area contributed by atoms with Crippen LogP contribution in [-0.2, 0) is 10.2 Å². The van der Waals surface area contributed by atoms with Gasteiger partial charge in [0.05, 0.1) is 5.69 Å². The van der Waals surface area contributed by atoms with Gasteiger partial charge in [-0.3, -0.25) is 14.6 Å². The highest BCUT2D eigenvalue weighted by Crippen LogP contribution is 2.29. The van der Waals surface area contributed by atoms with Crippen LogP contribution in [0.2, 0.25) is 0 Å². The zero-order chi connectivity index (χ0) is 14.9. The van der Waals surface area contributed by atoms with Crippen LogP contribution in [-0.4, -0.2) is 35.4 Å². The number of hydrogen-bond donors (Lipinski definition) is 0. The first-order chi connectivity index (χ1) is 9.34. The number of likely N-dealkylation sites (N-methyl/N-ethyl adjacent to an activating group) is 1. The first-order valence-corrected chi connectivity index (χ1v) is 7.62. The molecule has 0 saturated carbocycles. The number of nitriles is 1. The summed E-state index contributed by atoms with van der Waals surface area (Å²) < 4.78 is 0. The van der Waals surface area contributed by atoms with Gasteiger partial charge in [0, 0.05) is 24.4 Å². The Labute approximate surface area is 123 Å². The van der Waals surface area contributed by atoms with Crippen molar-refractivity contribution in [1.82, 2.24) is 9.88 Å². The van der Waals surface area contributed by atoms with Crippen molar-refractivity contribution < 1.29 is 4.79 Å². The molecular formula is C14H20N4OS. The summed E-state index contributed by atoms with van der Waals surface area (Å²) in [5, 5.41) is 11.7. The highest BCUT2D eigenvalue weighted by molar-refractivity contribution is 7.14. The van der Waals surface area contributed by atoms with E-state index < -0.39 is 0 Å². The quantitative estimate of drug-likeness (QED) is 0.785. The summed E-state index contributed by atoms with van der Waals surface area (Å²) in [5.74, 6) is -0.0427. The molecule has 2 rings (SSSR count). The van der Waals surface area contributed by atoms with Crippen molar-refractivity contribution in [2.24, 2.45) is 0 Å². The van der Waals surface area contributed by atoms with Crippen molar-refractivity contribution >= 4 is 22.4 Å². The molecule has 0 spiro atoms. The second-order valence-electron chi connectivity index (χ2n) is 6.11. The van der Waals surface area contributed by atoms with Gasteiger partial charge in [-0.1, -0.05) is 20.8 Å². The molecule has 1 amide bonds. The van der Waals surface area contributed by atoms with E-state index in [1.807, 2.05) is 5.38 Å². The van der Waals surface area contributed by atoms with Crippen molar-refractivity contribution in [3.63, 3.8) is 0 Å². The number of anilines is 1. The Bertz CT molecular complexity index is 540. The second-order valence-corrected chi connectivity index (χ2v) is 6.95. The van der Waals surface area contributed by atoms with Gasteiger partial charge < -0.3 is 0 Å². The fourth-order valence-corrected chi connectivity index (χ4v) is 3.25. The van der Waals surface area contributed by atoms with E-state index >= 15 is 0 Å². The lowest BCUT2D eigenvalue weighted by Gasteiger charge is -2.22. The minimum absolute atomic E-state index is 0.0231. The average molecular weight is 292 g/mol. The molecule has 1 atom stereocenters. The summed E-state index contributed by atoms with van der Waals surface area (Å²) in [7, 11) is 1.74. The molecule has 108 valence electrons. The maximum absolute atomic E-state index is 12.5. The van der Waals surface area contributed by atoms with Crippen molar-refractivity contribution in [2.75, 3.05) is 18.5 Å². The molecule has 0 aromatic carbocycles. The molecule has 1 aromatic rings. The Hall–Kier alpha value is -1.61. The van der Waals surface area contributed by atoms with E-state index in [1.165, 1.54) is 11.3 Å². The number of likely N-dealkylation sites (tertiary alicyclic amines) is 1. The van der Waals surface area contributed by atoms with Crippen LogP contribution in [0, 0.1) is 11.5 Å². The summed E-state index contributed by atoms with van der Waals surface area (Å²) in [5.41, 5.74) is 0.964. The van der Waals surface area contributed by atoms with Gasteiger partial charge in [0.1, 0.15) is 6.04 Å². The normalized spacial score (nSPS) is 18.9. The summed E-state index contributed by atoms with van der Waals surface area (Å²) in [6, 6.07) is -0.327. The van der Waals surface area contributed by atoms with Gasteiger partial charge in [-0.15, -0.1) is 11.3 Å². The number of carbonyl (C=O) groups excluding carboxylic acids is 1. The van der Waals surface area contributed by atoms with Gasteiger partial charge in [-0.25, -0.2) is 4.98 Å². The summed E-state index contributed by atoms with van der Waals surface area (Å²) in [4.78, 5) is 20.2. The molecule has 2 heterocycles. The Morgan fingerprint density at radius 3 is 2.85 bits per heavy atom. The zero-order valence-corrected chi connectivity index (χ0v) is 13.2. The number of hydrogen-bond acceptors (Lipinski definition) is 5. The zero-order valence-electron chi connectivity index (χ0n) is 12.4. The fraction of sp³-hybridized carbons (Fsp3) is 0.643. The van der Waals surface area contributed by atoms with E-state index in [1.54, 1.807) is 16.8 Å². The first-order valence-electron chi connectivity index (χ1n) is 6.74. The smallest absolute Gasteiger partial charge is 0.251 e. The molecule has 0 bridgehead atoms. The number of carbonyl (C=O) groups is 1. The molecule has 1 saturated heterocycles. The number of nitrogens with zero attached hydrogens (tertiary/aromatic N) is 4. The van der Waals surface area contributed by atoms with Crippen molar-refractivity contribution in [3.05, 3.63) is 11.1 Å². The van der Waals surface area contributed by atoms with Crippen molar-refractivity contribution in [1.29, 1.82) is 5.26 Å². The monoisotopic (exact) mass is 292 g/mol. The maximum Gasteiger partial charge on any atom is 0.251 e. The number of rotatable bonds is 2. The summed E-state index contributed by atoms with van der Waals surface area (Å²) in [6.45, 7) is 6.97. The molecule has 1 fully saturated rings. The predicted octanol–water partition coefficient (Wildman–Crippen LogP) is 2.35. The molecule has 6 heteroatoms. The molecule has 1 aliphatic heterocycles. The van der Waals surface area contributed by atoms with Crippen LogP contribution < -0.4 is 4.90 Å². The molecule has 20 heavy (non-hydrogen) atoms. The van der Waals surface area contributed by atoms with E-state index in [4.69, 9.17) is 5.26 Å². The first kappa shape index (κ1) is 14.8. The van der Waals surface area contributed by atoms with Crippen LogP contribution in [0.4, 0.5) is 5.13 Å². The SMILES string of the molecule is CN(C(=O)C1CCCN1C#N)c1nc(C(C)(C)C)cs1. The number of amides is 1. The maximum atomic E-state index is 12.5. The van der Waals surface area contributed by atoms with Gasteiger partial charge >= 0.3 is 0 Å². The third-order valence-electron chi connectivity index (χ3n) is 3.54. The Kier molecular flexibility index (Phi) is 4.00. The van der Waals surface area contributed by atoms with Crippen LogP contribution in [0.5, 0.6) is 0 Å². The minimum Gasteiger partial charge on any atom is -0.298 e. The highest BCUT2D eigenvalue weighted by Gasteiger charge is 2.33. The van der Waals surface area contributed by atoms with E-state index in [2.05, 4.69) is 31.9 Å². The van der Waals surface area contributed by atoms with Crippen molar-refractivity contribution in [2.45, 2.75) is 45.1 Å². The second kappa shape index (κ2) is 5.41. The standard InChI is InChI=1S/C14H20N4OS/c1-14(2,3)11-8-20-13(16-11)17(4)12(19)10-6-5-7-18(10)9-15/h8,10H,5-7H2,1-4H3. The Morgan fingerprint density at radius 2 is 2.30 bits per heavy atom.